The summed E-state index contributed by atoms with van der Waals surface area (Å²) in [5.74, 6) is 1.55. The Kier molecular flexibility index (Phi) is 10.3. The van der Waals surface area contributed by atoms with Gasteiger partial charge in [0, 0.05) is 50.2 Å². The normalized spacial score (nSPS) is 46.2. The summed E-state index contributed by atoms with van der Waals surface area (Å²) in [5.41, 5.74) is 0.736. The van der Waals surface area contributed by atoms with Gasteiger partial charge in [-0.25, -0.2) is 8.42 Å². The first-order valence-corrected chi connectivity index (χ1v) is 24.9. The molecule has 1 saturated heterocycles. The van der Waals surface area contributed by atoms with E-state index >= 15 is 0 Å². The standard InChI is InChI=1S/C47H79N3O6S/c1-30(2)57(54,55)50-27-25-49(26-28-50)24-23-48-47-18-13-31(43(7)19-20-43)38(47)32-11-12-36-44(8)16-15-37(56-40(53)34-29-33(39(51)52)41(34,3)4)42(5,6)35(44)14-17-46(36,10)45(32,9)21-22-47/h30-38,48H,11-29H2,1-10H3,(H,51,52)/t31-,32-,33+,34-,35+,36-,37+,38-,44+,45-,46-,47+/m1/s1. The molecule has 0 bridgehead atoms. The van der Waals surface area contributed by atoms with Crippen LogP contribution in [0.1, 0.15) is 153 Å². The summed E-state index contributed by atoms with van der Waals surface area (Å²) in [4.78, 5) is 28.0. The molecular weight excluding hydrogens is 735 g/mol. The summed E-state index contributed by atoms with van der Waals surface area (Å²) in [6.45, 7) is 27.7. The van der Waals surface area contributed by atoms with Crippen LogP contribution in [0.2, 0.25) is 0 Å². The Hall–Kier alpha value is -1.23. The third kappa shape index (κ3) is 6.29. The van der Waals surface area contributed by atoms with E-state index in [-0.39, 0.29) is 50.4 Å². The van der Waals surface area contributed by atoms with Crippen molar-refractivity contribution >= 4 is 22.0 Å². The molecule has 0 amide bonds. The zero-order valence-corrected chi connectivity index (χ0v) is 38.2. The molecule has 324 valence electrons. The third-order valence-electron chi connectivity index (χ3n) is 20.6. The van der Waals surface area contributed by atoms with Gasteiger partial charge in [-0.15, -0.1) is 0 Å². The fourth-order valence-electron chi connectivity index (χ4n) is 16.4. The first kappa shape index (κ1) is 42.5. The number of rotatable bonds is 10. The number of carboxylic acids is 1. The molecule has 10 heteroatoms. The third-order valence-corrected chi connectivity index (χ3v) is 22.9. The number of nitrogens with zero attached hydrogens (tertiary/aromatic N) is 2. The number of esters is 1. The van der Waals surface area contributed by atoms with E-state index in [4.69, 9.17) is 4.74 Å². The van der Waals surface area contributed by atoms with Crippen molar-refractivity contribution in [1.29, 1.82) is 0 Å². The van der Waals surface area contributed by atoms with Crippen molar-refractivity contribution < 1.29 is 27.9 Å². The number of hydrogen-bond donors (Lipinski definition) is 2. The maximum Gasteiger partial charge on any atom is 0.309 e. The second-order valence-electron chi connectivity index (χ2n) is 23.7. The second-order valence-corrected chi connectivity index (χ2v) is 26.2. The molecule has 8 aliphatic rings. The van der Waals surface area contributed by atoms with Crippen LogP contribution in [-0.4, -0.2) is 90.8 Å². The lowest BCUT2D eigenvalue weighted by atomic mass is 9.32. The average Bonchev–Trinajstić information content (AvgIpc) is 3.75. The lowest BCUT2D eigenvalue weighted by molar-refractivity contribution is -0.249. The van der Waals surface area contributed by atoms with Crippen LogP contribution in [0.25, 0.3) is 0 Å². The molecule has 2 N–H and O–H groups in total. The number of aliphatic carboxylic acids is 1. The minimum absolute atomic E-state index is 0.129. The van der Waals surface area contributed by atoms with Gasteiger partial charge in [-0.3, -0.25) is 14.5 Å². The summed E-state index contributed by atoms with van der Waals surface area (Å²) < 4.78 is 33.8. The van der Waals surface area contributed by atoms with E-state index in [9.17, 15) is 23.1 Å². The monoisotopic (exact) mass is 814 g/mol. The number of ether oxygens (including phenoxy) is 1. The summed E-state index contributed by atoms with van der Waals surface area (Å²) in [6, 6.07) is 0. The maximum atomic E-state index is 13.7. The highest BCUT2D eigenvalue weighted by Gasteiger charge is 2.72. The zero-order valence-electron chi connectivity index (χ0n) is 37.4. The smallest absolute Gasteiger partial charge is 0.309 e. The first-order chi connectivity index (χ1) is 26.5. The molecule has 1 aliphatic heterocycles. The molecule has 1 heterocycles. The van der Waals surface area contributed by atoms with Crippen molar-refractivity contribution in [3.63, 3.8) is 0 Å². The van der Waals surface area contributed by atoms with Crippen molar-refractivity contribution in [2.24, 2.45) is 73.9 Å². The minimum Gasteiger partial charge on any atom is -0.481 e. The second kappa shape index (κ2) is 13.9. The predicted molar refractivity (Wildman–Crippen MR) is 225 cm³/mol. The van der Waals surface area contributed by atoms with Crippen LogP contribution in [0, 0.1) is 73.9 Å². The van der Waals surface area contributed by atoms with Crippen LogP contribution in [-0.2, 0) is 24.3 Å². The van der Waals surface area contributed by atoms with E-state index in [1.807, 2.05) is 13.8 Å². The molecule has 0 aromatic rings. The molecule has 0 radical (unpaired) electrons. The van der Waals surface area contributed by atoms with E-state index in [1.165, 1.54) is 64.2 Å². The molecule has 0 spiro atoms. The molecule has 12 atom stereocenters. The average molecular weight is 814 g/mol. The van der Waals surface area contributed by atoms with Crippen molar-refractivity contribution in [2.45, 2.75) is 170 Å². The molecular formula is C47H79N3O6S. The molecule has 7 aliphatic carbocycles. The van der Waals surface area contributed by atoms with Gasteiger partial charge in [0.25, 0.3) is 0 Å². The van der Waals surface area contributed by atoms with Crippen LogP contribution >= 0.6 is 0 Å². The SMILES string of the molecule is CC(C)S(=O)(=O)N1CCN(CCN[C@]23CC[C@@H](C4(C)CC4)[C@@H]2[C@H]2CC[C@@H]4[C@@]5(C)CC[C@H](OC(=O)[C@H]6C[C@@H](C(=O)O)C6(C)C)C(C)(C)[C@@H]5CC[C@@]4(C)[C@]2(C)CC3)CC1. The number of carbonyl (C=O) groups excluding carboxylic acids is 1. The Bertz CT molecular complexity index is 1700. The number of carboxylic acid groups (broad SMARTS) is 1. The minimum atomic E-state index is -3.19. The lowest BCUT2D eigenvalue weighted by Gasteiger charge is -2.73. The van der Waals surface area contributed by atoms with E-state index in [0.29, 0.717) is 42.7 Å². The van der Waals surface area contributed by atoms with Crippen molar-refractivity contribution in [3.05, 3.63) is 0 Å². The van der Waals surface area contributed by atoms with Gasteiger partial charge in [0.15, 0.2) is 0 Å². The van der Waals surface area contributed by atoms with Gasteiger partial charge >= 0.3 is 11.9 Å². The number of fused-ring (bicyclic) bond motifs is 7. The Balaban J connectivity index is 0.972. The Labute approximate surface area is 346 Å². The highest BCUT2D eigenvalue weighted by molar-refractivity contribution is 7.89. The fraction of sp³-hybridized carbons (Fsp3) is 0.957. The number of carbonyl (C=O) groups is 2. The van der Waals surface area contributed by atoms with Gasteiger partial charge in [0.05, 0.1) is 17.1 Å². The van der Waals surface area contributed by atoms with Gasteiger partial charge in [0.2, 0.25) is 10.0 Å². The molecule has 9 nitrogen and oxygen atoms in total. The van der Waals surface area contributed by atoms with Gasteiger partial charge < -0.3 is 15.2 Å². The van der Waals surface area contributed by atoms with Crippen LogP contribution in [0.4, 0.5) is 0 Å². The Morgan fingerprint density at radius 3 is 2.04 bits per heavy atom. The van der Waals surface area contributed by atoms with Crippen LogP contribution in [0.15, 0.2) is 0 Å². The summed E-state index contributed by atoms with van der Waals surface area (Å²) in [7, 11) is -3.19. The predicted octanol–water partition coefficient (Wildman–Crippen LogP) is 8.22. The summed E-state index contributed by atoms with van der Waals surface area (Å²) in [5, 5.41) is 13.7. The van der Waals surface area contributed by atoms with Gasteiger partial charge in [0.1, 0.15) is 6.10 Å². The largest absolute Gasteiger partial charge is 0.481 e. The fourth-order valence-corrected chi connectivity index (χ4v) is 17.6. The van der Waals surface area contributed by atoms with Gasteiger partial charge in [-0.05, 0) is 154 Å². The molecule has 0 unspecified atom stereocenters. The highest BCUT2D eigenvalue weighted by atomic mass is 32.2. The topological polar surface area (TPSA) is 116 Å². The van der Waals surface area contributed by atoms with E-state index in [1.54, 1.807) is 18.2 Å². The van der Waals surface area contributed by atoms with Crippen LogP contribution < -0.4 is 5.32 Å². The van der Waals surface area contributed by atoms with E-state index in [2.05, 4.69) is 51.8 Å². The molecule has 8 fully saturated rings. The van der Waals surface area contributed by atoms with Gasteiger partial charge in [-0.1, -0.05) is 55.4 Å². The van der Waals surface area contributed by atoms with Crippen LogP contribution in [0.3, 0.4) is 0 Å². The first-order valence-electron chi connectivity index (χ1n) is 23.4. The Morgan fingerprint density at radius 1 is 0.737 bits per heavy atom. The highest BCUT2D eigenvalue weighted by Crippen LogP contribution is 2.78. The van der Waals surface area contributed by atoms with E-state index in [0.717, 1.165) is 50.9 Å². The molecule has 7 saturated carbocycles. The molecule has 0 aromatic carbocycles. The van der Waals surface area contributed by atoms with Gasteiger partial charge in [-0.2, -0.15) is 4.31 Å². The molecule has 57 heavy (non-hydrogen) atoms. The quantitative estimate of drug-likeness (QED) is 0.212. The van der Waals surface area contributed by atoms with Crippen molar-refractivity contribution in [2.75, 3.05) is 39.3 Å². The summed E-state index contributed by atoms with van der Waals surface area (Å²) in [6.07, 6.45) is 15.3. The van der Waals surface area contributed by atoms with Crippen molar-refractivity contribution in [3.8, 4) is 0 Å². The molecule has 0 aromatic heterocycles. The van der Waals surface area contributed by atoms with Crippen LogP contribution in [0.5, 0.6) is 0 Å². The number of sulfonamides is 1. The Morgan fingerprint density at radius 2 is 1.42 bits per heavy atom. The van der Waals surface area contributed by atoms with E-state index < -0.39 is 27.3 Å². The summed E-state index contributed by atoms with van der Waals surface area (Å²) >= 11 is 0. The lowest BCUT2D eigenvalue weighted by Crippen LogP contribution is -2.69. The molecule has 8 rings (SSSR count). The van der Waals surface area contributed by atoms with Crippen molar-refractivity contribution in [1.82, 2.24) is 14.5 Å². The maximum absolute atomic E-state index is 13.7. The zero-order chi connectivity index (χ0) is 41.4. The number of hydrogen-bond acceptors (Lipinski definition) is 7. The number of nitrogens with one attached hydrogen (secondary N) is 1. The number of piperazine rings is 1.